The normalized spacial score (nSPS) is 11.3. The van der Waals surface area contributed by atoms with E-state index in [1.165, 1.54) is 30.2 Å². The number of rotatable bonds is 12. The van der Waals surface area contributed by atoms with Crippen LogP contribution < -0.4 is 14.8 Å². The second-order valence-corrected chi connectivity index (χ2v) is 7.99. The molecule has 0 fully saturated rings. The summed E-state index contributed by atoms with van der Waals surface area (Å²) in [4.78, 5) is 38.7. The van der Waals surface area contributed by atoms with Crippen LogP contribution in [0.2, 0.25) is 0 Å². The van der Waals surface area contributed by atoms with Gasteiger partial charge in [-0.25, -0.2) is 0 Å². The van der Waals surface area contributed by atoms with E-state index < -0.39 is 16.9 Å². The molecule has 0 saturated carbocycles. The molecule has 0 bridgehead atoms. The SMILES string of the molecule is CCNC(=O)[C@H](Cc1ccccc1)N(Cc1ccccc1)C(=O)COc1ccc([N+](=O)[O-])c(OC)c1. The first-order valence-electron chi connectivity index (χ1n) is 11.5. The van der Waals surface area contributed by atoms with Gasteiger partial charge in [-0.1, -0.05) is 60.7 Å². The van der Waals surface area contributed by atoms with Gasteiger partial charge in [0.1, 0.15) is 11.8 Å². The van der Waals surface area contributed by atoms with Crippen molar-refractivity contribution in [3.63, 3.8) is 0 Å². The maximum atomic E-state index is 13.5. The van der Waals surface area contributed by atoms with Gasteiger partial charge in [-0.05, 0) is 24.1 Å². The van der Waals surface area contributed by atoms with Gasteiger partial charge in [0.2, 0.25) is 11.7 Å². The van der Waals surface area contributed by atoms with E-state index in [0.717, 1.165) is 11.1 Å². The number of benzene rings is 3. The van der Waals surface area contributed by atoms with Crippen molar-refractivity contribution in [2.45, 2.75) is 25.9 Å². The lowest BCUT2D eigenvalue weighted by Crippen LogP contribution is -2.51. The van der Waals surface area contributed by atoms with Gasteiger partial charge in [0.15, 0.2) is 6.61 Å². The second kappa shape index (κ2) is 12.9. The summed E-state index contributed by atoms with van der Waals surface area (Å²) in [6, 6.07) is 22.1. The Morgan fingerprint density at radius 1 is 1.00 bits per heavy atom. The van der Waals surface area contributed by atoms with Crippen LogP contribution in [0.3, 0.4) is 0 Å². The van der Waals surface area contributed by atoms with Crippen LogP contribution in [0.4, 0.5) is 5.69 Å². The summed E-state index contributed by atoms with van der Waals surface area (Å²) in [5.41, 5.74) is 1.58. The van der Waals surface area contributed by atoms with Crippen molar-refractivity contribution in [2.24, 2.45) is 0 Å². The number of amides is 2. The molecule has 0 saturated heterocycles. The molecule has 0 unspecified atom stereocenters. The molecule has 0 radical (unpaired) electrons. The van der Waals surface area contributed by atoms with Crippen molar-refractivity contribution in [3.05, 3.63) is 100 Å². The van der Waals surface area contributed by atoms with Crippen LogP contribution in [-0.4, -0.2) is 47.9 Å². The minimum absolute atomic E-state index is 0.0235. The predicted molar refractivity (Wildman–Crippen MR) is 135 cm³/mol. The first-order valence-corrected chi connectivity index (χ1v) is 11.5. The Labute approximate surface area is 209 Å². The fraction of sp³-hybridized carbons (Fsp3) is 0.259. The third kappa shape index (κ3) is 7.05. The average Bonchev–Trinajstić information content (AvgIpc) is 2.90. The molecule has 0 aliphatic rings. The van der Waals surface area contributed by atoms with Gasteiger partial charge >= 0.3 is 5.69 Å². The number of ether oxygens (including phenoxy) is 2. The quantitative estimate of drug-likeness (QED) is 0.305. The molecule has 1 atom stereocenters. The van der Waals surface area contributed by atoms with Gasteiger partial charge in [0.25, 0.3) is 5.91 Å². The summed E-state index contributed by atoms with van der Waals surface area (Å²) in [6.07, 6.45) is 0.330. The van der Waals surface area contributed by atoms with E-state index in [2.05, 4.69) is 5.32 Å². The topological polar surface area (TPSA) is 111 Å². The molecule has 36 heavy (non-hydrogen) atoms. The molecule has 0 aliphatic carbocycles. The third-order valence-electron chi connectivity index (χ3n) is 5.53. The molecule has 9 nitrogen and oxygen atoms in total. The molecule has 0 aliphatic heterocycles. The fourth-order valence-electron chi connectivity index (χ4n) is 3.75. The summed E-state index contributed by atoms with van der Waals surface area (Å²) in [7, 11) is 1.32. The zero-order valence-corrected chi connectivity index (χ0v) is 20.3. The van der Waals surface area contributed by atoms with Crippen LogP contribution >= 0.6 is 0 Å². The minimum atomic E-state index is -0.768. The first-order chi connectivity index (χ1) is 17.4. The number of methoxy groups -OCH3 is 1. The molecule has 2 amide bonds. The smallest absolute Gasteiger partial charge is 0.311 e. The van der Waals surface area contributed by atoms with Crippen molar-refractivity contribution in [1.29, 1.82) is 0 Å². The summed E-state index contributed by atoms with van der Waals surface area (Å²) < 4.78 is 10.8. The van der Waals surface area contributed by atoms with Crippen LogP contribution in [0.15, 0.2) is 78.9 Å². The third-order valence-corrected chi connectivity index (χ3v) is 5.53. The highest BCUT2D eigenvalue weighted by atomic mass is 16.6. The van der Waals surface area contributed by atoms with Crippen molar-refractivity contribution in [1.82, 2.24) is 10.2 Å². The monoisotopic (exact) mass is 491 g/mol. The van der Waals surface area contributed by atoms with Crippen molar-refractivity contribution < 1.29 is 24.0 Å². The van der Waals surface area contributed by atoms with Crippen LogP contribution in [0.25, 0.3) is 0 Å². The molecular formula is C27H29N3O6. The Kier molecular flexibility index (Phi) is 9.39. The van der Waals surface area contributed by atoms with Crippen molar-refractivity contribution in [3.8, 4) is 11.5 Å². The van der Waals surface area contributed by atoms with Crippen LogP contribution in [0.5, 0.6) is 11.5 Å². The van der Waals surface area contributed by atoms with Gasteiger partial charge in [0.05, 0.1) is 12.0 Å². The first kappa shape index (κ1) is 26.2. The highest BCUT2D eigenvalue weighted by Gasteiger charge is 2.30. The van der Waals surface area contributed by atoms with Gasteiger partial charge in [0, 0.05) is 31.6 Å². The standard InChI is InChI=1S/C27H29N3O6/c1-3-28-27(32)24(16-20-10-6-4-7-11-20)29(18-21-12-8-5-9-13-21)26(31)19-36-22-14-15-23(30(33)34)25(17-22)35-2/h4-15,17,24H,3,16,18-19H2,1-2H3,(H,28,32)/t24-/m0/s1. The number of hydrogen-bond donors (Lipinski definition) is 1. The van der Waals surface area contributed by atoms with E-state index >= 15 is 0 Å². The van der Waals surface area contributed by atoms with Crippen LogP contribution in [0, 0.1) is 10.1 Å². The molecular weight excluding hydrogens is 462 g/mol. The highest BCUT2D eigenvalue weighted by Crippen LogP contribution is 2.30. The van der Waals surface area contributed by atoms with Gasteiger partial charge in [-0.3, -0.25) is 19.7 Å². The number of likely N-dealkylation sites (N-methyl/N-ethyl adjacent to an activating group) is 1. The lowest BCUT2D eigenvalue weighted by Gasteiger charge is -2.31. The Morgan fingerprint density at radius 2 is 1.64 bits per heavy atom. The zero-order valence-electron chi connectivity index (χ0n) is 20.3. The second-order valence-electron chi connectivity index (χ2n) is 7.99. The van der Waals surface area contributed by atoms with Crippen LogP contribution in [-0.2, 0) is 22.6 Å². The lowest BCUT2D eigenvalue weighted by molar-refractivity contribution is -0.385. The summed E-state index contributed by atoms with van der Waals surface area (Å²) >= 11 is 0. The van der Waals surface area contributed by atoms with Gasteiger partial charge in [-0.15, -0.1) is 0 Å². The Hall–Kier alpha value is -4.40. The van der Waals surface area contributed by atoms with E-state index in [1.807, 2.05) is 67.6 Å². The predicted octanol–water partition coefficient (Wildman–Crippen LogP) is 3.76. The number of nitrogens with one attached hydrogen (secondary N) is 1. The van der Waals surface area contributed by atoms with Crippen molar-refractivity contribution in [2.75, 3.05) is 20.3 Å². The number of nitro benzene ring substituents is 1. The number of nitrogens with zero attached hydrogens (tertiary/aromatic N) is 2. The van der Waals surface area contributed by atoms with Gasteiger partial charge < -0.3 is 19.7 Å². The van der Waals surface area contributed by atoms with E-state index in [1.54, 1.807) is 0 Å². The summed E-state index contributed by atoms with van der Waals surface area (Å²) in [6.45, 7) is 2.10. The Balaban J connectivity index is 1.87. The Morgan fingerprint density at radius 3 is 2.22 bits per heavy atom. The average molecular weight is 492 g/mol. The number of carbonyl (C=O) groups is 2. The Bertz CT molecular complexity index is 1170. The largest absolute Gasteiger partial charge is 0.490 e. The van der Waals surface area contributed by atoms with E-state index in [9.17, 15) is 19.7 Å². The number of carbonyl (C=O) groups excluding carboxylic acids is 2. The molecule has 9 heteroatoms. The maximum Gasteiger partial charge on any atom is 0.311 e. The van der Waals surface area contributed by atoms with Crippen molar-refractivity contribution >= 4 is 17.5 Å². The summed E-state index contributed by atoms with van der Waals surface area (Å²) in [5, 5.41) is 14.0. The van der Waals surface area contributed by atoms with Gasteiger partial charge in [-0.2, -0.15) is 0 Å². The van der Waals surface area contributed by atoms with Crippen LogP contribution in [0.1, 0.15) is 18.1 Å². The summed E-state index contributed by atoms with van der Waals surface area (Å²) in [5.74, 6) is -0.399. The molecule has 0 spiro atoms. The molecule has 188 valence electrons. The van der Waals surface area contributed by atoms with E-state index in [4.69, 9.17) is 9.47 Å². The minimum Gasteiger partial charge on any atom is -0.490 e. The molecule has 0 heterocycles. The number of nitro groups is 1. The lowest BCUT2D eigenvalue weighted by atomic mass is 10.0. The zero-order chi connectivity index (χ0) is 25.9. The molecule has 1 N–H and O–H groups in total. The fourth-order valence-corrected chi connectivity index (χ4v) is 3.75. The molecule has 3 aromatic carbocycles. The number of hydrogen-bond acceptors (Lipinski definition) is 6. The highest BCUT2D eigenvalue weighted by molar-refractivity contribution is 5.88. The maximum absolute atomic E-state index is 13.5. The molecule has 3 rings (SSSR count). The van der Waals surface area contributed by atoms with E-state index in [-0.39, 0.29) is 36.2 Å². The molecule has 3 aromatic rings. The molecule has 0 aromatic heterocycles. The van der Waals surface area contributed by atoms with E-state index in [0.29, 0.717) is 13.0 Å².